The molecule has 0 radical (unpaired) electrons. The molecule has 0 aliphatic carbocycles. The fourth-order valence-electron chi connectivity index (χ4n) is 3.29. The number of aryl methyl sites for hydroxylation is 1. The van der Waals surface area contributed by atoms with E-state index < -0.39 is 15.8 Å². The molecule has 0 saturated heterocycles. The van der Waals surface area contributed by atoms with Crippen LogP contribution in [-0.4, -0.2) is 19.0 Å². The van der Waals surface area contributed by atoms with E-state index in [1.165, 1.54) is 21.0 Å². The Morgan fingerprint density at radius 2 is 1.92 bits per heavy atom. The van der Waals surface area contributed by atoms with Crippen LogP contribution >= 0.6 is 0 Å². The number of anilines is 1. The van der Waals surface area contributed by atoms with E-state index in [4.69, 9.17) is 4.42 Å². The van der Waals surface area contributed by atoms with Gasteiger partial charge in [-0.1, -0.05) is 18.2 Å². The maximum Gasteiger partial charge on any atom is 0.419 e. The first kappa shape index (κ1) is 15.0. The molecule has 0 bridgehead atoms. The third kappa shape index (κ3) is 2.01. The van der Waals surface area contributed by atoms with Gasteiger partial charge in [0.25, 0.3) is 10.0 Å². The Morgan fingerprint density at radius 3 is 2.71 bits per heavy atom. The number of benzene rings is 2. The predicted octanol–water partition coefficient (Wildman–Crippen LogP) is 2.27. The molecule has 1 aliphatic rings. The fourth-order valence-corrected chi connectivity index (χ4v) is 5.00. The highest BCUT2D eigenvalue weighted by atomic mass is 32.2. The highest BCUT2D eigenvalue weighted by molar-refractivity contribution is 7.92. The van der Waals surface area contributed by atoms with Crippen LogP contribution in [0, 0.1) is 0 Å². The summed E-state index contributed by atoms with van der Waals surface area (Å²) in [6.07, 6.45) is 0.679. The number of hydrogen-bond acceptors (Lipinski definition) is 4. The molecular formula is C17H16N2O4S. The van der Waals surface area contributed by atoms with Crippen LogP contribution < -0.4 is 10.1 Å². The molecule has 7 heteroatoms. The van der Waals surface area contributed by atoms with Crippen molar-refractivity contribution < 1.29 is 12.8 Å². The van der Waals surface area contributed by atoms with Gasteiger partial charge in [-0.05, 0) is 37.1 Å². The van der Waals surface area contributed by atoms with Gasteiger partial charge in [-0.15, -0.1) is 0 Å². The summed E-state index contributed by atoms with van der Waals surface area (Å²) in [6, 6.07) is 11.9. The van der Waals surface area contributed by atoms with Crippen LogP contribution in [0.3, 0.4) is 0 Å². The molecule has 0 amide bonds. The van der Waals surface area contributed by atoms with Gasteiger partial charge in [0.2, 0.25) is 0 Å². The lowest BCUT2D eigenvalue weighted by Gasteiger charge is -2.24. The Morgan fingerprint density at radius 1 is 1.17 bits per heavy atom. The summed E-state index contributed by atoms with van der Waals surface area (Å²) >= 11 is 0. The first-order chi connectivity index (χ1) is 11.4. The normalized spacial score (nSPS) is 17.4. The summed E-state index contributed by atoms with van der Waals surface area (Å²) in [5.41, 5.74) is 2.55. The molecule has 3 aromatic rings. The minimum absolute atomic E-state index is 0.118. The van der Waals surface area contributed by atoms with Crippen molar-refractivity contribution in [2.24, 2.45) is 7.05 Å². The molecule has 6 nitrogen and oxygen atoms in total. The van der Waals surface area contributed by atoms with Crippen molar-refractivity contribution in [2.75, 3.05) is 4.31 Å². The maximum absolute atomic E-state index is 13.1. The van der Waals surface area contributed by atoms with E-state index >= 15 is 0 Å². The van der Waals surface area contributed by atoms with E-state index in [2.05, 4.69) is 0 Å². The first-order valence-corrected chi connectivity index (χ1v) is 9.05. The minimum atomic E-state index is -3.73. The van der Waals surface area contributed by atoms with E-state index in [0.717, 1.165) is 5.56 Å². The zero-order valence-electron chi connectivity index (χ0n) is 13.3. The third-order valence-electron chi connectivity index (χ3n) is 4.47. The molecule has 0 spiro atoms. The molecule has 4 rings (SSSR count). The number of oxazole rings is 1. The second-order valence-electron chi connectivity index (χ2n) is 6.04. The second-order valence-corrected chi connectivity index (χ2v) is 7.85. The number of nitrogens with zero attached hydrogens (tertiary/aromatic N) is 2. The lowest BCUT2D eigenvalue weighted by molar-refractivity contribution is 0.527. The molecule has 24 heavy (non-hydrogen) atoms. The van der Waals surface area contributed by atoms with Gasteiger partial charge in [0.15, 0.2) is 5.58 Å². The summed E-state index contributed by atoms with van der Waals surface area (Å²) < 4.78 is 34.2. The number of rotatable bonds is 2. The molecular weight excluding hydrogens is 328 g/mol. The molecule has 0 saturated carbocycles. The van der Waals surface area contributed by atoms with Gasteiger partial charge in [0.05, 0.1) is 16.1 Å². The number of aromatic nitrogens is 1. The summed E-state index contributed by atoms with van der Waals surface area (Å²) in [5.74, 6) is -0.514. The van der Waals surface area contributed by atoms with Crippen LogP contribution in [0.4, 0.5) is 5.69 Å². The van der Waals surface area contributed by atoms with Gasteiger partial charge in [0, 0.05) is 19.2 Å². The summed E-state index contributed by atoms with van der Waals surface area (Å²) in [7, 11) is -2.15. The minimum Gasteiger partial charge on any atom is -0.408 e. The Balaban J connectivity index is 1.88. The fraction of sp³-hybridized carbons (Fsp3) is 0.235. The van der Waals surface area contributed by atoms with E-state index in [0.29, 0.717) is 17.6 Å². The van der Waals surface area contributed by atoms with Crippen molar-refractivity contribution in [3.05, 3.63) is 58.6 Å². The van der Waals surface area contributed by atoms with E-state index in [9.17, 15) is 13.2 Å². The largest absolute Gasteiger partial charge is 0.419 e. The molecule has 0 fully saturated rings. The van der Waals surface area contributed by atoms with Gasteiger partial charge in [-0.3, -0.25) is 8.87 Å². The maximum atomic E-state index is 13.1. The van der Waals surface area contributed by atoms with Crippen LogP contribution in [0.1, 0.15) is 12.5 Å². The predicted molar refractivity (Wildman–Crippen MR) is 90.7 cm³/mol. The molecule has 1 aromatic heterocycles. The lowest BCUT2D eigenvalue weighted by Crippen LogP contribution is -2.35. The van der Waals surface area contributed by atoms with E-state index in [1.54, 1.807) is 13.1 Å². The van der Waals surface area contributed by atoms with Gasteiger partial charge in [0.1, 0.15) is 0 Å². The van der Waals surface area contributed by atoms with Crippen LogP contribution in [0.5, 0.6) is 0 Å². The molecule has 1 atom stereocenters. The second kappa shape index (κ2) is 4.98. The number of fused-ring (bicyclic) bond motifs is 2. The monoisotopic (exact) mass is 344 g/mol. The topological polar surface area (TPSA) is 72.5 Å². The summed E-state index contributed by atoms with van der Waals surface area (Å²) in [5, 5.41) is 0. The lowest BCUT2D eigenvalue weighted by atomic mass is 10.1. The molecule has 2 aromatic carbocycles. The van der Waals surface area contributed by atoms with Gasteiger partial charge >= 0.3 is 5.76 Å². The highest BCUT2D eigenvalue weighted by Crippen LogP contribution is 2.36. The first-order valence-electron chi connectivity index (χ1n) is 7.61. The van der Waals surface area contributed by atoms with Gasteiger partial charge in [-0.2, -0.15) is 0 Å². The average Bonchev–Trinajstić information content (AvgIpc) is 3.03. The molecule has 1 aliphatic heterocycles. The summed E-state index contributed by atoms with van der Waals surface area (Å²) in [6.45, 7) is 1.89. The molecule has 2 heterocycles. The zero-order chi connectivity index (χ0) is 17.1. The Bertz CT molecular complexity index is 1110. The standard InChI is InChI=1S/C17H16N2O4S/c1-11-9-12-5-3-4-6-14(12)19(11)24(21,22)13-7-8-15-16(10-13)23-17(20)18(15)2/h3-8,10-11H,9H2,1-2H3/t11-/m1/s1. The van der Waals surface area contributed by atoms with Gasteiger partial charge in [-0.25, -0.2) is 13.2 Å². The van der Waals surface area contributed by atoms with Crippen molar-refractivity contribution in [3.8, 4) is 0 Å². The van der Waals surface area contributed by atoms with Crippen LogP contribution in [0.15, 0.2) is 56.6 Å². The van der Waals surface area contributed by atoms with Crippen molar-refractivity contribution >= 4 is 26.8 Å². The SMILES string of the molecule is C[C@@H]1Cc2ccccc2N1S(=O)(=O)c1ccc2c(c1)oc(=O)n2C. The van der Waals surface area contributed by atoms with Crippen molar-refractivity contribution in [2.45, 2.75) is 24.3 Å². The molecule has 124 valence electrons. The average molecular weight is 344 g/mol. The van der Waals surface area contributed by atoms with Crippen LogP contribution in [-0.2, 0) is 23.5 Å². The Labute approximate surface area is 139 Å². The van der Waals surface area contributed by atoms with Crippen LogP contribution in [0.25, 0.3) is 11.1 Å². The van der Waals surface area contributed by atoms with Gasteiger partial charge < -0.3 is 4.42 Å². The van der Waals surface area contributed by atoms with E-state index in [-0.39, 0.29) is 16.5 Å². The number of para-hydroxylation sites is 1. The number of sulfonamides is 1. The van der Waals surface area contributed by atoms with Crippen LogP contribution in [0.2, 0.25) is 0 Å². The third-order valence-corrected chi connectivity index (χ3v) is 6.39. The molecule has 0 unspecified atom stereocenters. The van der Waals surface area contributed by atoms with Crippen molar-refractivity contribution in [3.63, 3.8) is 0 Å². The smallest absolute Gasteiger partial charge is 0.408 e. The Kier molecular flexibility index (Phi) is 3.11. The molecule has 0 N–H and O–H groups in total. The summed E-state index contributed by atoms with van der Waals surface area (Å²) in [4.78, 5) is 11.7. The number of hydrogen-bond donors (Lipinski definition) is 0. The van der Waals surface area contributed by atoms with Crippen molar-refractivity contribution in [1.82, 2.24) is 4.57 Å². The Hall–Kier alpha value is -2.54. The van der Waals surface area contributed by atoms with Crippen molar-refractivity contribution in [1.29, 1.82) is 0 Å². The highest BCUT2D eigenvalue weighted by Gasteiger charge is 2.36. The zero-order valence-corrected chi connectivity index (χ0v) is 14.1. The quantitative estimate of drug-likeness (QED) is 0.715. The van der Waals surface area contributed by atoms with E-state index in [1.807, 2.05) is 31.2 Å².